The number of hydrogen-bond acceptors (Lipinski definition) is 1. The molecule has 0 radical (unpaired) electrons. The molecule has 0 aliphatic heterocycles. The molecule has 0 amide bonds. The van der Waals surface area contributed by atoms with Gasteiger partial charge in [0.1, 0.15) is 5.82 Å². The third kappa shape index (κ3) is 4.70. The lowest BCUT2D eigenvalue weighted by molar-refractivity contribution is 0.631. The van der Waals surface area contributed by atoms with E-state index in [0.717, 1.165) is 22.5 Å². The van der Waals surface area contributed by atoms with Gasteiger partial charge in [-0.05, 0) is 52.6 Å². The van der Waals surface area contributed by atoms with Crippen molar-refractivity contribution < 1.29 is 4.39 Å². The molecule has 0 bridgehead atoms. The van der Waals surface area contributed by atoms with Gasteiger partial charge in [-0.3, -0.25) is 0 Å². The van der Waals surface area contributed by atoms with Crippen LogP contribution in [0.15, 0.2) is 133 Å². The first-order chi connectivity index (χ1) is 16.3. The minimum atomic E-state index is -0.223. The van der Waals surface area contributed by atoms with E-state index in [2.05, 4.69) is 53.4 Å². The molecule has 0 N–H and O–H groups in total. The molecule has 0 saturated carbocycles. The van der Waals surface area contributed by atoms with E-state index in [1.165, 1.54) is 11.1 Å². The molecule has 0 aromatic heterocycles. The van der Waals surface area contributed by atoms with Crippen LogP contribution >= 0.6 is 0 Å². The summed E-state index contributed by atoms with van der Waals surface area (Å²) in [6, 6.07) is 44.2. The fourth-order valence-corrected chi connectivity index (χ4v) is 4.08. The van der Waals surface area contributed by atoms with Crippen molar-refractivity contribution in [1.82, 2.24) is 0 Å². The van der Waals surface area contributed by atoms with Crippen molar-refractivity contribution in [2.24, 2.45) is 0 Å². The molecule has 0 fully saturated rings. The Kier molecular flexibility index (Phi) is 5.99. The van der Waals surface area contributed by atoms with Crippen molar-refractivity contribution in [2.75, 3.05) is 4.90 Å². The van der Waals surface area contributed by atoms with Crippen molar-refractivity contribution in [1.29, 1.82) is 0 Å². The minimum absolute atomic E-state index is 0.223. The van der Waals surface area contributed by atoms with Crippen molar-refractivity contribution >= 4 is 11.4 Å². The van der Waals surface area contributed by atoms with Gasteiger partial charge in [0.25, 0.3) is 0 Å². The summed E-state index contributed by atoms with van der Waals surface area (Å²) in [7, 11) is 0. The summed E-state index contributed by atoms with van der Waals surface area (Å²) >= 11 is 0. The van der Waals surface area contributed by atoms with E-state index in [0.29, 0.717) is 12.1 Å². The fourth-order valence-electron chi connectivity index (χ4n) is 4.08. The zero-order valence-electron chi connectivity index (χ0n) is 18.2. The Morgan fingerprint density at radius 3 is 1.64 bits per heavy atom. The Hall–Kier alpha value is -4.17. The molecule has 5 aromatic carbocycles. The van der Waals surface area contributed by atoms with Crippen LogP contribution in [-0.2, 0) is 6.54 Å². The van der Waals surface area contributed by atoms with Gasteiger partial charge in [-0.25, -0.2) is 4.39 Å². The molecule has 0 aliphatic rings. The zero-order valence-corrected chi connectivity index (χ0v) is 18.2. The maximum absolute atomic E-state index is 15.2. The van der Waals surface area contributed by atoms with Gasteiger partial charge >= 0.3 is 0 Å². The van der Waals surface area contributed by atoms with Crippen molar-refractivity contribution in [3.05, 3.63) is 145 Å². The van der Waals surface area contributed by atoms with E-state index in [1.807, 2.05) is 78.9 Å². The lowest BCUT2D eigenvalue weighted by atomic mass is 10.0. The predicted octanol–water partition coefficient (Wildman–Crippen LogP) is 8.50. The number of anilines is 2. The van der Waals surface area contributed by atoms with Crippen LogP contribution in [0.25, 0.3) is 22.3 Å². The predicted molar refractivity (Wildman–Crippen MR) is 136 cm³/mol. The van der Waals surface area contributed by atoms with Gasteiger partial charge in [0.15, 0.2) is 0 Å². The molecule has 2 heteroatoms. The second-order valence-corrected chi connectivity index (χ2v) is 8.01. The average molecular weight is 430 g/mol. The molecule has 5 rings (SSSR count). The van der Waals surface area contributed by atoms with E-state index >= 15 is 4.39 Å². The summed E-state index contributed by atoms with van der Waals surface area (Å²) in [6.45, 7) is 0.642. The van der Waals surface area contributed by atoms with Gasteiger partial charge < -0.3 is 4.90 Å². The number of rotatable bonds is 6. The van der Waals surface area contributed by atoms with Crippen LogP contribution in [0.1, 0.15) is 5.56 Å². The first-order valence-electron chi connectivity index (χ1n) is 11.1. The highest BCUT2D eigenvalue weighted by molar-refractivity contribution is 5.71. The second-order valence-electron chi connectivity index (χ2n) is 8.01. The van der Waals surface area contributed by atoms with Gasteiger partial charge in [-0.2, -0.15) is 0 Å². The van der Waals surface area contributed by atoms with Crippen LogP contribution in [-0.4, -0.2) is 0 Å². The van der Waals surface area contributed by atoms with Crippen LogP contribution in [0.5, 0.6) is 0 Å². The van der Waals surface area contributed by atoms with Crippen LogP contribution in [0.3, 0.4) is 0 Å². The summed E-state index contributed by atoms with van der Waals surface area (Å²) in [5.41, 5.74) is 6.88. The molecule has 0 unspecified atom stereocenters. The second kappa shape index (κ2) is 9.54. The van der Waals surface area contributed by atoms with E-state index in [4.69, 9.17) is 0 Å². The van der Waals surface area contributed by atoms with E-state index in [9.17, 15) is 0 Å². The maximum Gasteiger partial charge on any atom is 0.133 e. The van der Waals surface area contributed by atoms with Gasteiger partial charge in [0.2, 0.25) is 0 Å². The third-order valence-corrected chi connectivity index (χ3v) is 5.82. The van der Waals surface area contributed by atoms with Crippen LogP contribution in [0.4, 0.5) is 15.8 Å². The highest BCUT2D eigenvalue weighted by Gasteiger charge is 2.14. The largest absolute Gasteiger partial charge is 0.337 e. The van der Waals surface area contributed by atoms with Crippen molar-refractivity contribution in [2.45, 2.75) is 6.54 Å². The van der Waals surface area contributed by atoms with Crippen molar-refractivity contribution in [3.63, 3.8) is 0 Å². The highest BCUT2D eigenvalue weighted by atomic mass is 19.1. The molecule has 0 atom stereocenters. The molecule has 33 heavy (non-hydrogen) atoms. The molecule has 0 heterocycles. The Bertz CT molecular complexity index is 1310. The van der Waals surface area contributed by atoms with Gasteiger partial charge in [-0.15, -0.1) is 0 Å². The van der Waals surface area contributed by atoms with E-state index < -0.39 is 0 Å². The molecular weight excluding hydrogens is 405 g/mol. The molecule has 1 nitrogen and oxygen atoms in total. The quantitative estimate of drug-likeness (QED) is 0.261. The lowest BCUT2D eigenvalue weighted by Gasteiger charge is -2.26. The summed E-state index contributed by atoms with van der Waals surface area (Å²) in [6.07, 6.45) is 0. The summed E-state index contributed by atoms with van der Waals surface area (Å²) in [5.74, 6) is -0.223. The molecule has 0 saturated heterocycles. The average Bonchev–Trinajstić information content (AvgIpc) is 2.89. The topological polar surface area (TPSA) is 3.24 Å². The summed E-state index contributed by atoms with van der Waals surface area (Å²) < 4.78 is 15.2. The number of halogens is 1. The number of hydrogen-bond donors (Lipinski definition) is 0. The van der Waals surface area contributed by atoms with Crippen molar-refractivity contribution in [3.8, 4) is 22.3 Å². The Morgan fingerprint density at radius 1 is 0.485 bits per heavy atom. The number of benzene rings is 5. The summed E-state index contributed by atoms with van der Waals surface area (Å²) in [5, 5.41) is 0. The minimum Gasteiger partial charge on any atom is -0.337 e. The normalized spacial score (nSPS) is 10.7. The van der Waals surface area contributed by atoms with E-state index in [1.54, 1.807) is 6.07 Å². The standard InChI is InChI=1S/C31H24FN/c32-31-22-29(20-21-30(31)27-12-6-2-7-13-27)33(28-14-8-3-9-15-28)23-24-16-18-26(19-17-24)25-10-4-1-5-11-25/h1-22H,23H2. The highest BCUT2D eigenvalue weighted by Crippen LogP contribution is 2.32. The molecular formula is C31H24FN. The van der Waals surface area contributed by atoms with E-state index in [-0.39, 0.29) is 5.82 Å². The molecule has 0 aliphatic carbocycles. The first-order valence-corrected chi connectivity index (χ1v) is 11.1. The molecule has 160 valence electrons. The fraction of sp³-hybridized carbons (Fsp3) is 0.0323. The SMILES string of the molecule is Fc1cc(N(Cc2ccc(-c3ccccc3)cc2)c2ccccc2)ccc1-c1ccccc1. The molecule has 0 spiro atoms. The van der Waals surface area contributed by atoms with Crippen LogP contribution in [0, 0.1) is 5.82 Å². The van der Waals surface area contributed by atoms with Gasteiger partial charge in [-0.1, -0.05) is 103 Å². The lowest BCUT2D eigenvalue weighted by Crippen LogP contribution is -2.16. The number of nitrogens with zero attached hydrogens (tertiary/aromatic N) is 1. The van der Waals surface area contributed by atoms with Gasteiger partial charge in [0, 0.05) is 23.5 Å². The maximum atomic E-state index is 15.2. The Morgan fingerprint density at radius 2 is 1.03 bits per heavy atom. The monoisotopic (exact) mass is 429 g/mol. The first kappa shape index (κ1) is 20.7. The van der Waals surface area contributed by atoms with Crippen LogP contribution < -0.4 is 4.90 Å². The number of para-hydroxylation sites is 1. The smallest absolute Gasteiger partial charge is 0.133 e. The Labute approximate surface area is 194 Å². The third-order valence-electron chi connectivity index (χ3n) is 5.82. The van der Waals surface area contributed by atoms with Crippen LogP contribution in [0.2, 0.25) is 0 Å². The summed E-state index contributed by atoms with van der Waals surface area (Å²) in [4.78, 5) is 2.15. The zero-order chi connectivity index (χ0) is 22.5. The van der Waals surface area contributed by atoms with Gasteiger partial charge in [0.05, 0.1) is 0 Å². The Balaban J connectivity index is 1.47. The molecule has 5 aromatic rings.